The van der Waals surface area contributed by atoms with Gasteiger partial charge < -0.3 is 25.8 Å². The van der Waals surface area contributed by atoms with Crippen LogP contribution in [0.5, 0.6) is 0 Å². The van der Waals surface area contributed by atoms with Crippen LogP contribution in [0.15, 0.2) is 42.6 Å². The summed E-state index contributed by atoms with van der Waals surface area (Å²) in [6, 6.07) is 9.15. The van der Waals surface area contributed by atoms with E-state index in [1.807, 2.05) is 25.9 Å². The summed E-state index contributed by atoms with van der Waals surface area (Å²) >= 11 is 0. The topological polar surface area (TPSA) is 126 Å². The van der Waals surface area contributed by atoms with E-state index in [-0.39, 0.29) is 18.4 Å². The van der Waals surface area contributed by atoms with E-state index in [2.05, 4.69) is 50.8 Å². The Kier molecular flexibility index (Phi) is 13.6. The minimum absolute atomic E-state index is 0.0277. The van der Waals surface area contributed by atoms with Crippen LogP contribution < -0.4 is 16.0 Å². The molecule has 10 nitrogen and oxygen atoms in total. The zero-order valence-electron chi connectivity index (χ0n) is 23.3. The molecule has 0 aliphatic heterocycles. The van der Waals surface area contributed by atoms with Gasteiger partial charge in [0.05, 0.1) is 29.9 Å². The van der Waals surface area contributed by atoms with E-state index >= 15 is 0 Å². The van der Waals surface area contributed by atoms with Gasteiger partial charge in [-0.05, 0) is 58.1 Å². The maximum Gasteiger partial charge on any atom is 0.246 e. The van der Waals surface area contributed by atoms with Crippen molar-refractivity contribution >= 4 is 29.3 Å². The molecule has 1 heterocycles. The van der Waals surface area contributed by atoms with Crippen molar-refractivity contribution in [1.82, 2.24) is 25.1 Å². The standard InChI is InChI=1S/C29H38N8O2/c1-5-17-32-28-24(21-33-29(35-28)34-25-15-13-23(20-30)14-16-25)11-8-7-9-18-31-26(38)22-37(6-2)27(39)12-10-19-36(3)4/h10,12-16,21H,5-7,9,17-19,22H2,1-4H3,(H,31,38)(H2,32,33,34,35)/b12-10+. The molecule has 0 fully saturated rings. The summed E-state index contributed by atoms with van der Waals surface area (Å²) in [7, 11) is 3.85. The van der Waals surface area contributed by atoms with Gasteiger partial charge in [-0.15, -0.1) is 0 Å². The number of carbonyl (C=O) groups excluding carboxylic acids is 2. The Hall–Kier alpha value is -4.41. The zero-order chi connectivity index (χ0) is 28.5. The molecule has 2 rings (SSSR count). The first-order valence-corrected chi connectivity index (χ1v) is 13.1. The molecule has 0 aliphatic carbocycles. The Morgan fingerprint density at radius 3 is 2.56 bits per heavy atom. The number of hydrogen-bond donors (Lipinski definition) is 3. The average molecular weight is 531 g/mol. The second-order valence-corrected chi connectivity index (χ2v) is 8.97. The maximum absolute atomic E-state index is 12.3. The Morgan fingerprint density at radius 2 is 1.90 bits per heavy atom. The molecule has 0 unspecified atom stereocenters. The van der Waals surface area contributed by atoms with Crippen LogP contribution in [0.1, 0.15) is 44.2 Å². The van der Waals surface area contributed by atoms with Crippen LogP contribution in [0.4, 0.5) is 17.5 Å². The highest BCUT2D eigenvalue weighted by atomic mass is 16.2. The molecule has 0 radical (unpaired) electrons. The first kappa shape index (κ1) is 30.8. The minimum atomic E-state index is -0.191. The number of nitrogens with one attached hydrogen (secondary N) is 3. The third-order valence-electron chi connectivity index (χ3n) is 5.38. The molecular weight excluding hydrogens is 492 g/mol. The molecule has 0 spiro atoms. The molecule has 0 bridgehead atoms. The lowest BCUT2D eigenvalue weighted by atomic mass is 10.2. The number of likely N-dealkylation sites (N-methyl/N-ethyl adjacent to an activating group) is 2. The predicted octanol–water partition coefficient (Wildman–Crippen LogP) is 3.13. The molecule has 10 heteroatoms. The van der Waals surface area contributed by atoms with Gasteiger partial charge in [-0.3, -0.25) is 9.59 Å². The van der Waals surface area contributed by atoms with Crippen LogP contribution in [0.2, 0.25) is 0 Å². The molecule has 0 saturated carbocycles. The van der Waals surface area contributed by atoms with Gasteiger partial charge in [-0.25, -0.2) is 4.98 Å². The van der Waals surface area contributed by atoms with Gasteiger partial charge in [-0.2, -0.15) is 10.2 Å². The van der Waals surface area contributed by atoms with Crippen molar-refractivity contribution in [2.24, 2.45) is 0 Å². The molecule has 39 heavy (non-hydrogen) atoms. The molecule has 0 aliphatic rings. The molecule has 1 aromatic heterocycles. The van der Waals surface area contributed by atoms with E-state index < -0.39 is 0 Å². The first-order valence-electron chi connectivity index (χ1n) is 13.1. The van der Waals surface area contributed by atoms with Crippen molar-refractivity contribution in [3.63, 3.8) is 0 Å². The highest BCUT2D eigenvalue weighted by Crippen LogP contribution is 2.17. The monoisotopic (exact) mass is 530 g/mol. The molecule has 1 aromatic carbocycles. The number of nitrogens with zero attached hydrogens (tertiary/aromatic N) is 5. The van der Waals surface area contributed by atoms with E-state index in [1.165, 1.54) is 11.0 Å². The van der Waals surface area contributed by atoms with Crippen molar-refractivity contribution < 1.29 is 9.59 Å². The quantitative estimate of drug-likeness (QED) is 0.193. The lowest BCUT2D eigenvalue weighted by Crippen LogP contribution is -2.40. The van der Waals surface area contributed by atoms with Crippen LogP contribution >= 0.6 is 0 Å². The van der Waals surface area contributed by atoms with Gasteiger partial charge >= 0.3 is 0 Å². The molecule has 2 aromatic rings. The Morgan fingerprint density at radius 1 is 1.13 bits per heavy atom. The van der Waals surface area contributed by atoms with Gasteiger partial charge in [0.25, 0.3) is 0 Å². The summed E-state index contributed by atoms with van der Waals surface area (Å²) in [4.78, 5) is 36.9. The van der Waals surface area contributed by atoms with Gasteiger partial charge in [0.15, 0.2) is 0 Å². The fourth-order valence-electron chi connectivity index (χ4n) is 3.28. The molecule has 2 amide bonds. The summed E-state index contributed by atoms with van der Waals surface area (Å²) in [5.41, 5.74) is 2.05. The van der Waals surface area contributed by atoms with E-state index in [4.69, 9.17) is 5.26 Å². The smallest absolute Gasteiger partial charge is 0.246 e. The van der Waals surface area contributed by atoms with Gasteiger partial charge in [-0.1, -0.05) is 24.8 Å². The Balaban J connectivity index is 1.86. The number of anilines is 3. The number of rotatable bonds is 14. The van der Waals surface area contributed by atoms with Crippen molar-refractivity contribution in [1.29, 1.82) is 5.26 Å². The average Bonchev–Trinajstić information content (AvgIpc) is 2.93. The van der Waals surface area contributed by atoms with Crippen LogP contribution in [0.3, 0.4) is 0 Å². The normalized spacial score (nSPS) is 10.5. The fraction of sp³-hybridized carbons (Fsp3) is 0.414. The van der Waals surface area contributed by atoms with E-state index in [0.717, 1.165) is 18.7 Å². The van der Waals surface area contributed by atoms with Crippen molar-refractivity contribution in [2.45, 2.75) is 33.1 Å². The van der Waals surface area contributed by atoms with Crippen molar-refractivity contribution in [3.05, 3.63) is 53.7 Å². The number of aromatic nitrogens is 2. The van der Waals surface area contributed by atoms with Crippen LogP contribution in [-0.2, 0) is 9.59 Å². The minimum Gasteiger partial charge on any atom is -0.369 e. The fourth-order valence-corrected chi connectivity index (χ4v) is 3.28. The lowest BCUT2D eigenvalue weighted by Gasteiger charge is -2.18. The van der Waals surface area contributed by atoms with E-state index in [1.54, 1.807) is 36.5 Å². The second kappa shape index (κ2) is 17.2. The summed E-state index contributed by atoms with van der Waals surface area (Å²) in [5.74, 6) is 6.96. The van der Waals surface area contributed by atoms with Gasteiger partial charge in [0, 0.05) is 44.4 Å². The summed E-state index contributed by atoms with van der Waals surface area (Å²) in [6.45, 7) is 6.29. The van der Waals surface area contributed by atoms with E-state index in [0.29, 0.717) is 55.4 Å². The van der Waals surface area contributed by atoms with Gasteiger partial charge in [0.2, 0.25) is 17.8 Å². The maximum atomic E-state index is 12.3. The molecule has 0 atom stereocenters. The lowest BCUT2D eigenvalue weighted by molar-refractivity contribution is -0.132. The van der Waals surface area contributed by atoms with Crippen LogP contribution in [-0.4, -0.2) is 78.4 Å². The molecule has 0 saturated heterocycles. The largest absolute Gasteiger partial charge is 0.369 e. The molecule has 206 valence electrons. The van der Waals surface area contributed by atoms with Crippen LogP contribution in [0.25, 0.3) is 0 Å². The number of hydrogen-bond acceptors (Lipinski definition) is 8. The third-order valence-corrected chi connectivity index (χ3v) is 5.38. The number of unbranched alkanes of at least 4 members (excludes halogenated alkanes) is 1. The highest BCUT2D eigenvalue weighted by molar-refractivity contribution is 5.91. The number of carbonyl (C=O) groups is 2. The second-order valence-electron chi connectivity index (χ2n) is 8.97. The first-order chi connectivity index (χ1) is 18.9. The van der Waals surface area contributed by atoms with Crippen molar-refractivity contribution in [3.8, 4) is 17.9 Å². The Bertz CT molecular complexity index is 1210. The third kappa shape index (κ3) is 11.7. The number of amides is 2. The summed E-state index contributed by atoms with van der Waals surface area (Å²) < 4.78 is 0. The zero-order valence-corrected chi connectivity index (χ0v) is 23.3. The molecule has 3 N–H and O–H groups in total. The van der Waals surface area contributed by atoms with Crippen LogP contribution in [0, 0.1) is 23.2 Å². The SMILES string of the molecule is CCCNc1nc(Nc2ccc(C#N)cc2)ncc1C#CCCCNC(=O)CN(CC)C(=O)/C=C/CN(C)C. The number of benzene rings is 1. The van der Waals surface area contributed by atoms with E-state index in [9.17, 15) is 9.59 Å². The summed E-state index contributed by atoms with van der Waals surface area (Å²) in [6.07, 6.45) is 7.17. The van der Waals surface area contributed by atoms with Gasteiger partial charge in [0.1, 0.15) is 5.82 Å². The predicted molar refractivity (Wildman–Crippen MR) is 154 cm³/mol. The number of nitriles is 1. The Labute approximate surface area is 231 Å². The molecular formula is C29H38N8O2. The summed E-state index contributed by atoms with van der Waals surface area (Å²) in [5, 5.41) is 18.2. The highest BCUT2D eigenvalue weighted by Gasteiger charge is 2.12. The van der Waals surface area contributed by atoms with Crippen molar-refractivity contribution in [2.75, 3.05) is 57.5 Å².